The molecule has 1 aromatic rings. The number of hydrogen-bond donors (Lipinski definition) is 2. The maximum absolute atomic E-state index is 11.4. The highest BCUT2D eigenvalue weighted by molar-refractivity contribution is 5.98. The Labute approximate surface area is 78.4 Å². The summed E-state index contributed by atoms with van der Waals surface area (Å²) in [5.41, 5.74) is 5.09. The Balaban J connectivity index is 2.16. The zero-order valence-corrected chi connectivity index (χ0v) is 7.17. The van der Waals surface area contributed by atoms with Crippen LogP contribution in [-0.2, 0) is 9.59 Å². The molecule has 0 radical (unpaired) electrons. The Morgan fingerprint density at radius 3 is 2.93 bits per heavy atom. The smallest absolute Gasteiger partial charge is 0.272 e. The van der Waals surface area contributed by atoms with Crippen LogP contribution in [0.2, 0.25) is 0 Å². The number of hydrogen-bond acceptors (Lipinski definition) is 5. The van der Waals surface area contributed by atoms with E-state index in [4.69, 9.17) is 5.73 Å². The number of nitrogens with one attached hydrogen (secondary N) is 1. The first kappa shape index (κ1) is 8.60. The van der Waals surface area contributed by atoms with E-state index < -0.39 is 11.8 Å². The molecule has 0 spiro atoms. The monoisotopic (exact) mass is 196 g/mol. The molecule has 8 heteroatoms. The van der Waals surface area contributed by atoms with Crippen LogP contribution in [0.5, 0.6) is 0 Å². The number of anilines is 1. The van der Waals surface area contributed by atoms with Crippen molar-refractivity contribution in [2.75, 3.05) is 11.4 Å². The van der Waals surface area contributed by atoms with Crippen molar-refractivity contribution in [3.05, 3.63) is 0 Å². The molecule has 8 nitrogen and oxygen atoms in total. The van der Waals surface area contributed by atoms with Crippen molar-refractivity contribution in [2.45, 2.75) is 6.42 Å². The van der Waals surface area contributed by atoms with E-state index in [1.54, 1.807) is 0 Å². The average molecular weight is 196 g/mol. The van der Waals surface area contributed by atoms with Gasteiger partial charge in [0.25, 0.3) is 5.95 Å². The highest BCUT2D eigenvalue weighted by Gasteiger charge is 2.35. The minimum Gasteiger partial charge on any atom is -0.369 e. The molecule has 0 bridgehead atoms. The topological polar surface area (TPSA) is 118 Å². The van der Waals surface area contributed by atoms with E-state index in [-0.39, 0.29) is 24.8 Å². The summed E-state index contributed by atoms with van der Waals surface area (Å²) in [5.74, 6) is -0.973. The molecule has 2 heterocycles. The summed E-state index contributed by atoms with van der Waals surface area (Å²) in [6.45, 7) is 0.230. The van der Waals surface area contributed by atoms with Crippen LogP contribution < -0.4 is 10.6 Å². The molecular weight excluding hydrogens is 188 g/mol. The van der Waals surface area contributed by atoms with Gasteiger partial charge in [-0.2, -0.15) is 5.21 Å². The molecular formula is C6H8N6O2. The Bertz CT molecular complexity index is 360. The number of H-pyrrole nitrogens is 1. The van der Waals surface area contributed by atoms with Crippen LogP contribution in [0.25, 0.3) is 0 Å². The Hall–Kier alpha value is -1.99. The first-order valence-electron chi connectivity index (χ1n) is 4.01. The van der Waals surface area contributed by atoms with E-state index in [2.05, 4.69) is 20.6 Å². The molecule has 1 aliphatic rings. The third kappa shape index (κ3) is 1.30. The van der Waals surface area contributed by atoms with Crippen molar-refractivity contribution in [1.82, 2.24) is 20.6 Å². The van der Waals surface area contributed by atoms with Gasteiger partial charge in [0.1, 0.15) is 0 Å². The molecule has 0 saturated carbocycles. The minimum absolute atomic E-state index is 0.115. The number of tetrazole rings is 1. The summed E-state index contributed by atoms with van der Waals surface area (Å²) in [5, 5.41) is 12.9. The van der Waals surface area contributed by atoms with Crippen LogP contribution in [0.15, 0.2) is 0 Å². The quantitative estimate of drug-likeness (QED) is 0.569. The van der Waals surface area contributed by atoms with Gasteiger partial charge in [0, 0.05) is 13.0 Å². The highest BCUT2D eigenvalue weighted by atomic mass is 16.2. The normalized spacial score (nSPS) is 21.6. The molecule has 3 N–H and O–H groups in total. The molecule has 2 rings (SSSR count). The summed E-state index contributed by atoms with van der Waals surface area (Å²) < 4.78 is 0. The van der Waals surface area contributed by atoms with Crippen LogP contribution in [0, 0.1) is 5.92 Å². The first-order chi connectivity index (χ1) is 6.68. The minimum atomic E-state index is -0.482. The van der Waals surface area contributed by atoms with Gasteiger partial charge >= 0.3 is 0 Å². The number of rotatable bonds is 2. The number of nitrogens with zero attached hydrogens (tertiary/aromatic N) is 4. The molecule has 0 aliphatic carbocycles. The number of nitrogens with two attached hydrogens (primary N) is 1. The van der Waals surface area contributed by atoms with Gasteiger partial charge in [0.15, 0.2) is 0 Å². The van der Waals surface area contributed by atoms with E-state index in [0.717, 1.165) is 0 Å². The Morgan fingerprint density at radius 2 is 2.43 bits per heavy atom. The van der Waals surface area contributed by atoms with Gasteiger partial charge in [0.05, 0.1) is 5.92 Å². The van der Waals surface area contributed by atoms with Gasteiger partial charge in [0.2, 0.25) is 11.8 Å². The van der Waals surface area contributed by atoms with E-state index in [9.17, 15) is 9.59 Å². The number of aromatic nitrogens is 4. The predicted octanol–water partition coefficient (Wildman–Crippen LogP) is -1.96. The lowest BCUT2D eigenvalue weighted by atomic mass is 10.1. The molecule has 0 aromatic carbocycles. The second kappa shape index (κ2) is 3.05. The van der Waals surface area contributed by atoms with Crippen LogP contribution in [0.3, 0.4) is 0 Å². The third-order valence-corrected chi connectivity index (χ3v) is 2.10. The highest BCUT2D eigenvalue weighted by Crippen LogP contribution is 2.20. The maximum Gasteiger partial charge on any atom is 0.272 e. The van der Waals surface area contributed by atoms with Gasteiger partial charge in [-0.15, -0.1) is 5.10 Å². The maximum atomic E-state index is 11.4. The van der Waals surface area contributed by atoms with E-state index in [0.29, 0.717) is 0 Å². The Kier molecular flexibility index (Phi) is 1.88. The number of amides is 2. The van der Waals surface area contributed by atoms with Crippen molar-refractivity contribution in [3.8, 4) is 0 Å². The second-order valence-electron chi connectivity index (χ2n) is 3.02. The van der Waals surface area contributed by atoms with Crippen molar-refractivity contribution in [3.63, 3.8) is 0 Å². The van der Waals surface area contributed by atoms with Gasteiger partial charge in [-0.05, 0) is 5.21 Å². The number of aromatic amines is 1. The third-order valence-electron chi connectivity index (χ3n) is 2.10. The molecule has 1 aromatic heterocycles. The lowest BCUT2D eigenvalue weighted by Crippen LogP contribution is -2.29. The summed E-state index contributed by atoms with van der Waals surface area (Å²) in [7, 11) is 0. The van der Waals surface area contributed by atoms with E-state index >= 15 is 0 Å². The van der Waals surface area contributed by atoms with Gasteiger partial charge in [-0.25, -0.2) is 0 Å². The molecule has 1 saturated heterocycles. The average Bonchev–Trinajstić information content (AvgIpc) is 2.71. The number of carbonyl (C=O) groups is 2. The lowest BCUT2D eigenvalue weighted by molar-refractivity contribution is -0.123. The molecule has 1 atom stereocenters. The summed E-state index contributed by atoms with van der Waals surface area (Å²) in [6, 6.07) is 0. The van der Waals surface area contributed by atoms with E-state index in [1.807, 2.05) is 0 Å². The zero-order valence-electron chi connectivity index (χ0n) is 7.17. The Morgan fingerprint density at radius 1 is 1.64 bits per heavy atom. The van der Waals surface area contributed by atoms with Gasteiger partial charge in [-0.3, -0.25) is 14.5 Å². The fourth-order valence-corrected chi connectivity index (χ4v) is 1.36. The molecule has 74 valence electrons. The molecule has 14 heavy (non-hydrogen) atoms. The van der Waals surface area contributed by atoms with Crippen LogP contribution >= 0.6 is 0 Å². The first-order valence-corrected chi connectivity index (χ1v) is 4.01. The molecule has 1 unspecified atom stereocenters. The predicted molar refractivity (Wildman–Crippen MR) is 43.8 cm³/mol. The van der Waals surface area contributed by atoms with Crippen LogP contribution in [0.1, 0.15) is 6.42 Å². The van der Waals surface area contributed by atoms with Crippen molar-refractivity contribution < 1.29 is 9.59 Å². The largest absolute Gasteiger partial charge is 0.369 e. The zero-order chi connectivity index (χ0) is 10.1. The number of carbonyl (C=O) groups excluding carboxylic acids is 2. The van der Waals surface area contributed by atoms with Crippen molar-refractivity contribution >= 4 is 17.8 Å². The molecule has 2 amide bonds. The van der Waals surface area contributed by atoms with Gasteiger partial charge in [-0.1, -0.05) is 5.10 Å². The van der Waals surface area contributed by atoms with Crippen LogP contribution in [-0.4, -0.2) is 39.0 Å². The summed E-state index contributed by atoms with van der Waals surface area (Å²) in [4.78, 5) is 23.5. The van der Waals surface area contributed by atoms with Crippen molar-refractivity contribution in [2.24, 2.45) is 11.7 Å². The summed E-state index contributed by atoms with van der Waals surface area (Å²) in [6.07, 6.45) is 0.115. The van der Waals surface area contributed by atoms with Gasteiger partial charge < -0.3 is 5.73 Å². The molecule has 1 aliphatic heterocycles. The molecule has 1 fully saturated rings. The van der Waals surface area contributed by atoms with Crippen molar-refractivity contribution in [1.29, 1.82) is 0 Å². The fourth-order valence-electron chi connectivity index (χ4n) is 1.36. The lowest BCUT2D eigenvalue weighted by Gasteiger charge is -2.09. The van der Waals surface area contributed by atoms with Crippen LogP contribution in [0.4, 0.5) is 5.95 Å². The second-order valence-corrected chi connectivity index (χ2v) is 3.02. The van der Waals surface area contributed by atoms with E-state index in [1.165, 1.54) is 4.90 Å². The standard InChI is InChI=1S/C6H8N6O2/c7-5(14)3-1-4(13)12(2-3)6-8-10-11-9-6/h3H,1-2H2,(H2,7,14)(H,8,9,10,11). The SMILES string of the molecule is NC(=O)C1CC(=O)N(c2nn[nH]n2)C1. The fraction of sp³-hybridized carbons (Fsp3) is 0.500. The summed E-state index contributed by atoms with van der Waals surface area (Å²) >= 11 is 0. The number of primary amides is 1.